The average molecular weight is 587 g/mol. The van der Waals surface area contributed by atoms with Gasteiger partial charge in [0.1, 0.15) is 24.1 Å². The summed E-state index contributed by atoms with van der Waals surface area (Å²) in [5.74, 6) is 0.0168. The topological polar surface area (TPSA) is 170 Å². The van der Waals surface area contributed by atoms with Gasteiger partial charge in [-0.15, -0.1) is 0 Å². The predicted octanol–water partition coefficient (Wildman–Crippen LogP) is 3.71. The molecule has 15 heteroatoms. The number of imidazole rings is 1. The van der Waals surface area contributed by atoms with E-state index in [1.54, 1.807) is 24.7 Å². The normalized spacial score (nSPS) is 22.2. The number of carbonyl (C=O) groups is 2. The van der Waals surface area contributed by atoms with Crippen LogP contribution < -0.4 is 10.8 Å². The Kier molecular flexibility index (Phi) is 10.5. The molecule has 0 aliphatic carbocycles. The van der Waals surface area contributed by atoms with E-state index in [1.165, 1.54) is 13.3 Å². The standard InChI is InChI=1S/C24H39N6O7PS/c1-14(2)36-22(31)16(4)29-38(33,34-8-9-39-23(32)24(5,6)7)35-11-17-10-15(3)21(37-17)30-13-28-18-19(25)26-12-27-20(18)30/h12-17,21H,8-11H2,1-7H3,(H,29,33)(H2,25,26,27). The largest absolute Gasteiger partial charge is 0.462 e. The first kappa shape index (κ1) is 31.4. The Bertz CT molecular complexity index is 1200. The Morgan fingerprint density at radius 1 is 1.26 bits per heavy atom. The Morgan fingerprint density at radius 3 is 2.64 bits per heavy atom. The number of nitrogens with zero attached hydrogens (tertiary/aromatic N) is 4. The molecule has 2 aromatic rings. The molecule has 5 atom stereocenters. The highest BCUT2D eigenvalue weighted by Gasteiger charge is 2.38. The summed E-state index contributed by atoms with van der Waals surface area (Å²) in [5, 5.41) is 2.65. The fraction of sp³-hybridized carbons (Fsp3) is 0.708. The number of aromatic nitrogens is 4. The summed E-state index contributed by atoms with van der Waals surface area (Å²) in [6, 6.07) is -0.958. The molecule has 3 rings (SSSR count). The molecule has 39 heavy (non-hydrogen) atoms. The zero-order valence-corrected chi connectivity index (χ0v) is 25.2. The van der Waals surface area contributed by atoms with Gasteiger partial charge in [0, 0.05) is 17.1 Å². The average Bonchev–Trinajstić information content (AvgIpc) is 3.43. The maximum Gasteiger partial charge on any atom is 0.406 e. The summed E-state index contributed by atoms with van der Waals surface area (Å²) in [4.78, 5) is 37.1. The van der Waals surface area contributed by atoms with E-state index in [1.807, 2.05) is 27.7 Å². The number of nitrogens with two attached hydrogens (primary N) is 1. The van der Waals surface area contributed by atoms with Crippen LogP contribution in [0.4, 0.5) is 5.82 Å². The summed E-state index contributed by atoms with van der Waals surface area (Å²) in [5.41, 5.74) is 6.44. The molecule has 3 N–H and O–H groups in total. The van der Waals surface area contributed by atoms with E-state index in [4.69, 9.17) is 24.3 Å². The quantitative estimate of drug-likeness (QED) is 0.210. The first-order valence-electron chi connectivity index (χ1n) is 12.8. The highest BCUT2D eigenvalue weighted by molar-refractivity contribution is 8.13. The Hall–Kier alpha value is -2.09. The zero-order chi connectivity index (χ0) is 29.0. The molecule has 1 aliphatic rings. The van der Waals surface area contributed by atoms with Gasteiger partial charge in [-0.1, -0.05) is 39.5 Å². The Balaban J connectivity index is 1.65. The third-order valence-corrected chi connectivity index (χ3v) is 8.75. The third kappa shape index (κ3) is 8.45. The maximum absolute atomic E-state index is 13.7. The summed E-state index contributed by atoms with van der Waals surface area (Å²) >= 11 is 1.09. The molecule has 2 aromatic heterocycles. The van der Waals surface area contributed by atoms with Crippen LogP contribution in [0.25, 0.3) is 11.2 Å². The van der Waals surface area contributed by atoms with Gasteiger partial charge in [0.05, 0.1) is 31.7 Å². The van der Waals surface area contributed by atoms with Crippen molar-refractivity contribution in [1.82, 2.24) is 24.6 Å². The lowest BCUT2D eigenvalue weighted by Gasteiger charge is -2.24. The third-order valence-electron chi connectivity index (χ3n) is 5.79. The van der Waals surface area contributed by atoms with Gasteiger partial charge in [-0.3, -0.25) is 23.2 Å². The van der Waals surface area contributed by atoms with E-state index in [9.17, 15) is 14.2 Å². The molecule has 0 spiro atoms. The van der Waals surface area contributed by atoms with Crippen molar-refractivity contribution >= 4 is 47.6 Å². The van der Waals surface area contributed by atoms with Crippen LogP contribution in [0.15, 0.2) is 12.7 Å². The molecule has 1 aliphatic heterocycles. The number of anilines is 1. The lowest BCUT2D eigenvalue weighted by Crippen LogP contribution is -2.36. The second-order valence-corrected chi connectivity index (χ2v) is 13.6. The summed E-state index contributed by atoms with van der Waals surface area (Å²) in [6.07, 6.45) is 2.42. The van der Waals surface area contributed by atoms with E-state index >= 15 is 0 Å². The minimum Gasteiger partial charge on any atom is -0.462 e. The molecular weight excluding hydrogens is 547 g/mol. The SMILES string of the molecule is CC(C)OC(=O)C(C)NP(=O)(OCCSC(=O)C(C)(C)C)OCC1CC(C)C(n2cnc3c(N)ncnc32)O1. The number of nitrogen functional groups attached to an aromatic ring is 1. The number of hydrogen-bond donors (Lipinski definition) is 2. The van der Waals surface area contributed by atoms with Gasteiger partial charge >= 0.3 is 13.7 Å². The van der Waals surface area contributed by atoms with Crippen molar-refractivity contribution in [2.24, 2.45) is 11.3 Å². The summed E-state index contributed by atoms with van der Waals surface area (Å²) < 4.78 is 38.2. The monoisotopic (exact) mass is 586 g/mol. The van der Waals surface area contributed by atoms with E-state index in [0.717, 1.165) is 11.8 Å². The number of esters is 1. The van der Waals surface area contributed by atoms with E-state index < -0.39 is 37.5 Å². The van der Waals surface area contributed by atoms with Gasteiger partial charge in [0.2, 0.25) is 0 Å². The lowest BCUT2D eigenvalue weighted by molar-refractivity contribution is -0.149. The molecule has 1 fully saturated rings. The highest BCUT2D eigenvalue weighted by atomic mass is 32.2. The van der Waals surface area contributed by atoms with Gasteiger partial charge < -0.3 is 15.2 Å². The number of nitrogens with one attached hydrogen (secondary N) is 1. The van der Waals surface area contributed by atoms with Crippen LogP contribution in [0, 0.1) is 11.3 Å². The zero-order valence-electron chi connectivity index (χ0n) is 23.4. The van der Waals surface area contributed by atoms with Gasteiger partial charge in [-0.05, 0) is 27.2 Å². The van der Waals surface area contributed by atoms with Crippen LogP contribution in [0.5, 0.6) is 0 Å². The van der Waals surface area contributed by atoms with Gasteiger partial charge in [0.15, 0.2) is 16.6 Å². The van der Waals surface area contributed by atoms with Crippen LogP contribution in [-0.4, -0.2) is 67.8 Å². The van der Waals surface area contributed by atoms with Crippen LogP contribution in [0.2, 0.25) is 0 Å². The van der Waals surface area contributed by atoms with Crippen molar-refractivity contribution in [3.63, 3.8) is 0 Å². The van der Waals surface area contributed by atoms with Gasteiger partial charge in [-0.25, -0.2) is 24.6 Å². The second-order valence-electron chi connectivity index (χ2n) is 10.8. The van der Waals surface area contributed by atoms with Crippen LogP contribution in [0.3, 0.4) is 0 Å². The second kappa shape index (κ2) is 13.0. The minimum atomic E-state index is -3.98. The van der Waals surface area contributed by atoms with Crippen molar-refractivity contribution in [2.75, 3.05) is 24.7 Å². The molecule has 0 saturated carbocycles. The van der Waals surface area contributed by atoms with E-state index in [0.29, 0.717) is 17.6 Å². The number of fused-ring (bicyclic) bond motifs is 1. The van der Waals surface area contributed by atoms with Crippen molar-refractivity contribution in [1.29, 1.82) is 0 Å². The first-order chi connectivity index (χ1) is 18.2. The Morgan fingerprint density at radius 2 is 1.97 bits per heavy atom. The molecule has 3 heterocycles. The van der Waals surface area contributed by atoms with E-state index in [2.05, 4.69) is 20.0 Å². The molecule has 5 unspecified atom stereocenters. The molecule has 0 aromatic carbocycles. The first-order valence-corrected chi connectivity index (χ1v) is 15.4. The fourth-order valence-corrected chi connectivity index (χ4v) is 6.25. The van der Waals surface area contributed by atoms with Gasteiger partial charge in [-0.2, -0.15) is 0 Å². The highest BCUT2D eigenvalue weighted by Crippen LogP contribution is 2.46. The number of thioether (sulfide) groups is 1. The molecule has 1 saturated heterocycles. The predicted molar refractivity (Wildman–Crippen MR) is 148 cm³/mol. The van der Waals surface area contributed by atoms with Crippen molar-refractivity contribution in [3.05, 3.63) is 12.7 Å². The summed E-state index contributed by atoms with van der Waals surface area (Å²) in [6.45, 7) is 12.4. The fourth-order valence-electron chi connectivity index (χ4n) is 3.85. The van der Waals surface area contributed by atoms with Crippen molar-refractivity contribution in [3.8, 4) is 0 Å². The van der Waals surface area contributed by atoms with Crippen molar-refractivity contribution < 1.29 is 32.7 Å². The minimum absolute atomic E-state index is 0.0119. The molecule has 0 amide bonds. The smallest absolute Gasteiger partial charge is 0.406 e. The molecular formula is C24H39N6O7PS. The van der Waals surface area contributed by atoms with Gasteiger partial charge in [0.25, 0.3) is 0 Å². The number of ether oxygens (including phenoxy) is 2. The number of rotatable bonds is 12. The molecule has 0 radical (unpaired) electrons. The number of hydrogen-bond acceptors (Lipinski definition) is 12. The van der Waals surface area contributed by atoms with E-state index in [-0.39, 0.29) is 41.9 Å². The van der Waals surface area contributed by atoms with Crippen LogP contribution in [-0.2, 0) is 32.7 Å². The Labute approximate surface area is 232 Å². The number of carbonyl (C=O) groups excluding carboxylic acids is 2. The molecule has 218 valence electrons. The lowest BCUT2D eigenvalue weighted by atomic mass is 10.00. The van der Waals surface area contributed by atoms with Crippen LogP contribution in [0.1, 0.15) is 61.1 Å². The van der Waals surface area contributed by atoms with Crippen molar-refractivity contribution in [2.45, 2.75) is 79.4 Å². The molecule has 0 bridgehead atoms. The summed E-state index contributed by atoms with van der Waals surface area (Å²) in [7, 11) is -3.98. The maximum atomic E-state index is 13.7. The van der Waals surface area contributed by atoms with Crippen LogP contribution >= 0.6 is 19.5 Å². The molecule has 13 nitrogen and oxygen atoms in total.